The summed E-state index contributed by atoms with van der Waals surface area (Å²) < 4.78 is 0. The highest BCUT2D eigenvalue weighted by atomic mass is 16.5. The number of unbranched alkanes of at least 4 members (excludes halogenated alkanes) is 1. The maximum Gasteiger partial charge on any atom is 0.0514 e. The Balaban J connectivity index is 3.82. The lowest BCUT2D eigenvalue weighted by Gasteiger charge is -1.95. The second kappa shape index (κ2) is 11.4. The van der Waals surface area contributed by atoms with E-state index in [2.05, 4.69) is 47.7 Å². The molecule has 0 amide bonds. The molecule has 0 aromatic carbocycles. The molecular weight excluding hydrogens is 202 g/mol. The maximum atomic E-state index is 7.94. The van der Waals surface area contributed by atoms with E-state index in [1.807, 2.05) is 12.2 Å². The van der Waals surface area contributed by atoms with Gasteiger partial charge in [-0.15, -0.1) is 5.10 Å². The van der Waals surface area contributed by atoms with Crippen LogP contribution in [0.4, 0.5) is 0 Å². The predicted octanol–water partition coefficient (Wildman–Crippen LogP) is 3.92. The zero-order valence-electron chi connectivity index (χ0n) is 9.82. The highest BCUT2D eigenvalue weighted by molar-refractivity contribution is 5.71. The number of allylic oxidation sites excluding steroid dienone is 6. The number of hydrogen-bond donors (Lipinski definition) is 1. The van der Waals surface area contributed by atoms with Crippen molar-refractivity contribution in [2.75, 3.05) is 0 Å². The van der Waals surface area contributed by atoms with Gasteiger partial charge in [0.15, 0.2) is 0 Å². The zero-order chi connectivity index (χ0) is 12.1. The van der Waals surface area contributed by atoms with Crippen molar-refractivity contribution in [3.63, 3.8) is 0 Å². The average Bonchev–Trinajstić information content (AvgIpc) is 2.28. The minimum absolute atomic E-state index is 0.435. The van der Waals surface area contributed by atoms with Gasteiger partial charge in [-0.05, 0) is 23.6 Å². The smallest absolute Gasteiger partial charge is 0.0514 e. The van der Waals surface area contributed by atoms with Crippen molar-refractivity contribution in [1.82, 2.24) is 0 Å². The van der Waals surface area contributed by atoms with Crippen LogP contribution in [0.1, 0.15) is 26.7 Å². The molecular formula is C12H19N3O. The third-order valence-electron chi connectivity index (χ3n) is 1.78. The standard InChI is InChI=1S/C12H19N3O/c1-3-4-6-9-12(2)10-7-5-8-11-13-14-15-16/h5-12H,3-4H2,1-2H3,(H,14,16)/b8-5+,9-6+,10-7+,13-11+/t12-/m1/s1. The average molecular weight is 221 g/mol. The molecule has 0 radical (unpaired) electrons. The van der Waals surface area contributed by atoms with E-state index in [0.29, 0.717) is 5.92 Å². The summed E-state index contributed by atoms with van der Waals surface area (Å²) in [6.45, 7) is 4.29. The van der Waals surface area contributed by atoms with Crippen LogP contribution in [-0.2, 0) is 0 Å². The van der Waals surface area contributed by atoms with E-state index in [-0.39, 0.29) is 0 Å². The summed E-state index contributed by atoms with van der Waals surface area (Å²) in [5.41, 5.74) is 0. The van der Waals surface area contributed by atoms with Crippen molar-refractivity contribution < 1.29 is 5.21 Å². The second-order valence-corrected chi connectivity index (χ2v) is 3.29. The fraction of sp³-hybridized carbons (Fsp3) is 0.417. The molecule has 0 saturated carbocycles. The van der Waals surface area contributed by atoms with Gasteiger partial charge in [-0.3, -0.25) is 0 Å². The summed E-state index contributed by atoms with van der Waals surface area (Å²) in [7, 11) is 0. The lowest BCUT2D eigenvalue weighted by atomic mass is 10.1. The van der Waals surface area contributed by atoms with Crippen LogP contribution in [0.15, 0.2) is 52.1 Å². The summed E-state index contributed by atoms with van der Waals surface area (Å²) in [6, 6.07) is 0. The molecule has 0 aromatic rings. The number of rotatable bonds is 7. The molecule has 0 aliphatic heterocycles. The highest BCUT2D eigenvalue weighted by Gasteiger charge is 1.86. The summed E-state index contributed by atoms with van der Waals surface area (Å²) in [5, 5.41) is 16.9. The molecule has 0 spiro atoms. The van der Waals surface area contributed by atoms with Gasteiger partial charge >= 0.3 is 0 Å². The summed E-state index contributed by atoms with van der Waals surface area (Å²) in [6.07, 6.45) is 15.7. The normalized spacial score (nSPS) is 15.4. The van der Waals surface area contributed by atoms with Crippen LogP contribution in [0.25, 0.3) is 0 Å². The van der Waals surface area contributed by atoms with Gasteiger partial charge in [-0.25, -0.2) is 0 Å². The fourth-order valence-electron chi connectivity index (χ4n) is 0.986. The molecule has 1 N–H and O–H groups in total. The summed E-state index contributed by atoms with van der Waals surface area (Å²) in [5.74, 6) is 0.435. The molecule has 0 fully saturated rings. The van der Waals surface area contributed by atoms with Crippen molar-refractivity contribution in [2.24, 2.45) is 21.5 Å². The highest BCUT2D eigenvalue weighted by Crippen LogP contribution is 2.01. The Labute approximate surface area is 96.7 Å². The van der Waals surface area contributed by atoms with Crippen LogP contribution >= 0.6 is 0 Å². The molecule has 1 atom stereocenters. The molecule has 4 heteroatoms. The first-order valence-corrected chi connectivity index (χ1v) is 5.38. The Kier molecular flexibility index (Phi) is 10.2. The molecule has 0 heterocycles. The molecule has 0 bridgehead atoms. The van der Waals surface area contributed by atoms with Crippen molar-refractivity contribution in [2.45, 2.75) is 26.7 Å². The van der Waals surface area contributed by atoms with Crippen LogP contribution in [0, 0.1) is 5.92 Å². The zero-order valence-corrected chi connectivity index (χ0v) is 9.82. The van der Waals surface area contributed by atoms with E-state index in [9.17, 15) is 0 Å². The molecule has 0 aliphatic carbocycles. The maximum absolute atomic E-state index is 7.94. The van der Waals surface area contributed by atoms with Crippen LogP contribution in [0.2, 0.25) is 0 Å². The minimum Gasteiger partial charge on any atom is -0.393 e. The first-order chi connectivity index (χ1) is 7.81. The van der Waals surface area contributed by atoms with Crippen LogP contribution in [0.5, 0.6) is 0 Å². The Bertz CT molecular complexity index is 291. The largest absolute Gasteiger partial charge is 0.393 e. The van der Waals surface area contributed by atoms with Gasteiger partial charge in [0.1, 0.15) is 0 Å². The minimum atomic E-state index is 0.435. The summed E-state index contributed by atoms with van der Waals surface area (Å²) >= 11 is 0. The van der Waals surface area contributed by atoms with E-state index in [1.54, 1.807) is 6.08 Å². The predicted molar refractivity (Wildman–Crippen MR) is 66.6 cm³/mol. The monoisotopic (exact) mass is 221 g/mol. The van der Waals surface area contributed by atoms with Gasteiger partial charge < -0.3 is 5.21 Å². The van der Waals surface area contributed by atoms with Crippen molar-refractivity contribution in [3.8, 4) is 0 Å². The van der Waals surface area contributed by atoms with E-state index >= 15 is 0 Å². The topological polar surface area (TPSA) is 57.3 Å². The number of hydrogen-bond acceptors (Lipinski definition) is 2. The van der Waals surface area contributed by atoms with E-state index < -0.39 is 0 Å². The van der Waals surface area contributed by atoms with E-state index in [0.717, 1.165) is 6.42 Å². The van der Waals surface area contributed by atoms with Crippen molar-refractivity contribution >= 4 is 6.21 Å². The molecule has 0 unspecified atom stereocenters. The third-order valence-corrected chi connectivity index (χ3v) is 1.78. The molecule has 16 heavy (non-hydrogen) atoms. The Morgan fingerprint density at radius 1 is 1.19 bits per heavy atom. The van der Waals surface area contributed by atoms with Crippen LogP contribution in [-0.4, -0.2) is 11.4 Å². The SMILES string of the molecule is CCC/C=C/[C@@H](C)/C=C/C=C/C=N/N=N/O. The Hall–Kier alpha value is -1.71. The molecule has 0 aliphatic rings. The molecule has 0 aromatic heterocycles. The van der Waals surface area contributed by atoms with Gasteiger partial charge in [0.2, 0.25) is 0 Å². The molecule has 88 valence electrons. The number of nitrogens with zero attached hydrogens (tertiary/aromatic N) is 3. The Morgan fingerprint density at radius 3 is 2.69 bits per heavy atom. The fourth-order valence-corrected chi connectivity index (χ4v) is 0.986. The van der Waals surface area contributed by atoms with Gasteiger partial charge in [-0.1, -0.05) is 50.6 Å². The first-order valence-electron chi connectivity index (χ1n) is 5.38. The van der Waals surface area contributed by atoms with Crippen LogP contribution in [0.3, 0.4) is 0 Å². The summed E-state index contributed by atoms with van der Waals surface area (Å²) in [4.78, 5) is 0. The molecule has 4 nitrogen and oxygen atoms in total. The third kappa shape index (κ3) is 10.4. The second-order valence-electron chi connectivity index (χ2n) is 3.29. The van der Waals surface area contributed by atoms with Gasteiger partial charge in [0.25, 0.3) is 0 Å². The van der Waals surface area contributed by atoms with E-state index in [1.165, 1.54) is 12.6 Å². The molecule has 0 rings (SSSR count). The Morgan fingerprint density at radius 2 is 2.00 bits per heavy atom. The quantitative estimate of drug-likeness (QED) is 0.229. The van der Waals surface area contributed by atoms with Crippen LogP contribution < -0.4 is 0 Å². The lowest BCUT2D eigenvalue weighted by molar-refractivity contribution is 0.282. The lowest BCUT2D eigenvalue weighted by Crippen LogP contribution is -1.80. The van der Waals surface area contributed by atoms with E-state index in [4.69, 9.17) is 5.21 Å². The first kappa shape index (κ1) is 14.3. The van der Waals surface area contributed by atoms with Gasteiger partial charge in [-0.2, -0.15) is 0 Å². The van der Waals surface area contributed by atoms with Crippen molar-refractivity contribution in [3.05, 3.63) is 36.5 Å². The van der Waals surface area contributed by atoms with Gasteiger partial charge in [0, 0.05) is 5.28 Å². The molecule has 0 saturated heterocycles. The van der Waals surface area contributed by atoms with Crippen molar-refractivity contribution in [1.29, 1.82) is 0 Å². The van der Waals surface area contributed by atoms with Gasteiger partial charge in [0.05, 0.1) is 6.21 Å².